The molecule has 2 atom stereocenters. The third-order valence-electron chi connectivity index (χ3n) is 4.96. The first-order valence-corrected chi connectivity index (χ1v) is 9.87. The Kier molecular flexibility index (Phi) is 8.36. The number of carbonyl (C=O) groups excluding carboxylic acids is 1. The molecule has 1 amide bonds. The van der Waals surface area contributed by atoms with Crippen molar-refractivity contribution in [2.45, 2.75) is 30.7 Å². The molecule has 0 radical (unpaired) electrons. The minimum atomic E-state index is -5.04. The van der Waals surface area contributed by atoms with Gasteiger partial charge in [0.1, 0.15) is 0 Å². The van der Waals surface area contributed by atoms with E-state index < -0.39 is 41.0 Å². The summed E-state index contributed by atoms with van der Waals surface area (Å²) >= 11 is 12.1. The Morgan fingerprint density at radius 3 is 1.94 bits per heavy atom. The summed E-state index contributed by atoms with van der Waals surface area (Å²) in [6, 6.07) is 5.09. The first kappa shape index (κ1) is 26.6. The maximum Gasteiger partial charge on any atom is 0.416 e. The van der Waals surface area contributed by atoms with Crippen LogP contribution >= 0.6 is 35.6 Å². The number of nitrogens with one attached hydrogen (secondary N) is 2. The van der Waals surface area contributed by atoms with Crippen molar-refractivity contribution >= 4 is 41.5 Å². The van der Waals surface area contributed by atoms with Crippen molar-refractivity contribution in [3.05, 3.63) is 68.7 Å². The molecule has 32 heavy (non-hydrogen) atoms. The van der Waals surface area contributed by atoms with E-state index in [0.29, 0.717) is 47.3 Å². The average molecular weight is 522 g/mol. The number of halogens is 9. The van der Waals surface area contributed by atoms with Gasteiger partial charge in [-0.2, -0.15) is 26.3 Å². The Morgan fingerprint density at radius 2 is 1.44 bits per heavy atom. The van der Waals surface area contributed by atoms with Gasteiger partial charge in [-0.15, -0.1) is 12.4 Å². The summed E-state index contributed by atoms with van der Waals surface area (Å²) in [5, 5.41) is 6.45. The zero-order valence-corrected chi connectivity index (χ0v) is 18.4. The second-order valence-electron chi connectivity index (χ2n) is 7.18. The summed E-state index contributed by atoms with van der Waals surface area (Å²) in [7, 11) is 0. The average Bonchev–Trinajstić information content (AvgIpc) is 2.66. The molecule has 0 aromatic heterocycles. The van der Waals surface area contributed by atoms with E-state index in [1.165, 1.54) is 6.07 Å². The smallest absolute Gasteiger partial charge is 0.349 e. The predicted molar refractivity (Wildman–Crippen MR) is 112 cm³/mol. The van der Waals surface area contributed by atoms with Crippen LogP contribution in [-0.4, -0.2) is 25.0 Å². The van der Waals surface area contributed by atoms with Gasteiger partial charge in [-0.25, -0.2) is 0 Å². The number of benzene rings is 2. The molecule has 1 aliphatic heterocycles. The van der Waals surface area contributed by atoms with Crippen molar-refractivity contribution in [3.63, 3.8) is 0 Å². The summed E-state index contributed by atoms with van der Waals surface area (Å²) in [5.74, 6) is -1.36. The lowest BCUT2D eigenvalue weighted by Crippen LogP contribution is -2.48. The van der Waals surface area contributed by atoms with Crippen molar-refractivity contribution in [2.24, 2.45) is 0 Å². The van der Waals surface area contributed by atoms with E-state index in [1.807, 2.05) is 0 Å². The van der Waals surface area contributed by atoms with E-state index >= 15 is 0 Å². The molecule has 0 spiro atoms. The molecule has 3 rings (SSSR count). The molecular weight excluding hydrogens is 505 g/mol. The molecule has 0 saturated carbocycles. The second kappa shape index (κ2) is 10.1. The lowest BCUT2D eigenvalue weighted by molar-refractivity contribution is -0.143. The van der Waals surface area contributed by atoms with E-state index in [-0.39, 0.29) is 24.4 Å². The molecule has 176 valence electrons. The maximum atomic E-state index is 13.1. The molecule has 2 aromatic carbocycles. The molecule has 2 aromatic rings. The van der Waals surface area contributed by atoms with E-state index in [0.717, 1.165) is 0 Å². The van der Waals surface area contributed by atoms with E-state index in [2.05, 4.69) is 10.6 Å². The number of carbonyl (C=O) groups is 1. The minimum Gasteiger partial charge on any atom is -0.349 e. The van der Waals surface area contributed by atoms with Crippen LogP contribution in [0.1, 0.15) is 39.4 Å². The highest BCUT2D eigenvalue weighted by molar-refractivity contribution is 6.34. The number of rotatable bonds is 3. The van der Waals surface area contributed by atoms with Crippen LogP contribution in [0.5, 0.6) is 0 Å². The van der Waals surface area contributed by atoms with Crippen molar-refractivity contribution in [1.29, 1.82) is 0 Å². The fourth-order valence-corrected chi connectivity index (χ4v) is 4.05. The first-order chi connectivity index (χ1) is 14.3. The number of piperidine rings is 1. The topological polar surface area (TPSA) is 41.1 Å². The van der Waals surface area contributed by atoms with Crippen LogP contribution in [0.4, 0.5) is 26.3 Å². The standard InChI is InChI=1S/C20H16Cl2F6N2O.ClH/c21-14-5-10(6-15(22)8-14)16-9-29-2-1-17(16)30-18(31)11-3-12(19(23,24)25)7-13(4-11)20(26,27)28;/h3-8,16-17,29H,1-2,9H2,(H,30,31);1H. The van der Waals surface area contributed by atoms with Gasteiger partial charge in [0.15, 0.2) is 0 Å². The van der Waals surface area contributed by atoms with Gasteiger partial charge in [0.25, 0.3) is 5.91 Å². The monoisotopic (exact) mass is 520 g/mol. The molecule has 1 aliphatic rings. The molecule has 1 saturated heterocycles. The van der Waals surface area contributed by atoms with Crippen molar-refractivity contribution in [3.8, 4) is 0 Å². The highest BCUT2D eigenvalue weighted by atomic mass is 35.5. The summed E-state index contributed by atoms with van der Waals surface area (Å²) < 4.78 is 78.5. The van der Waals surface area contributed by atoms with Gasteiger partial charge in [-0.05, 0) is 54.9 Å². The van der Waals surface area contributed by atoms with Crippen LogP contribution in [-0.2, 0) is 12.4 Å². The van der Waals surface area contributed by atoms with Crippen LogP contribution in [0.25, 0.3) is 0 Å². The highest BCUT2D eigenvalue weighted by Crippen LogP contribution is 2.36. The molecule has 0 bridgehead atoms. The Hall–Kier alpha value is -1.68. The van der Waals surface area contributed by atoms with Gasteiger partial charge in [0, 0.05) is 34.1 Å². The van der Waals surface area contributed by atoms with Crippen molar-refractivity contribution in [1.82, 2.24) is 10.6 Å². The molecule has 2 N–H and O–H groups in total. The van der Waals surface area contributed by atoms with Crippen molar-refractivity contribution < 1.29 is 31.1 Å². The SMILES string of the molecule is Cl.O=C(NC1CCNCC1c1cc(Cl)cc(Cl)c1)c1cc(C(F)(F)F)cc(C(F)(F)F)c1. The van der Waals surface area contributed by atoms with Gasteiger partial charge < -0.3 is 10.6 Å². The van der Waals surface area contributed by atoms with Crippen LogP contribution in [0.15, 0.2) is 36.4 Å². The maximum absolute atomic E-state index is 13.1. The van der Waals surface area contributed by atoms with Gasteiger partial charge in [-0.3, -0.25) is 4.79 Å². The molecule has 0 aliphatic carbocycles. The van der Waals surface area contributed by atoms with Gasteiger partial charge in [0.2, 0.25) is 0 Å². The molecule has 1 heterocycles. The zero-order chi connectivity index (χ0) is 23.0. The van der Waals surface area contributed by atoms with E-state index in [1.54, 1.807) is 12.1 Å². The van der Waals surface area contributed by atoms with E-state index in [4.69, 9.17) is 23.2 Å². The fraction of sp³-hybridized carbons (Fsp3) is 0.350. The minimum absolute atomic E-state index is 0. The lowest BCUT2D eigenvalue weighted by Gasteiger charge is -2.33. The van der Waals surface area contributed by atoms with Crippen LogP contribution in [0.2, 0.25) is 10.0 Å². The van der Waals surface area contributed by atoms with Crippen LogP contribution in [0.3, 0.4) is 0 Å². The summed E-state index contributed by atoms with van der Waals surface area (Å²) in [4.78, 5) is 12.7. The first-order valence-electron chi connectivity index (χ1n) is 9.11. The Bertz CT molecular complexity index is 928. The number of alkyl halides is 6. The van der Waals surface area contributed by atoms with Crippen LogP contribution < -0.4 is 10.6 Å². The lowest BCUT2D eigenvalue weighted by atomic mass is 9.86. The molecule has 2 unspecified atom stereocenters. The number of hydrogen-bond acceptors (Lipinski definition) is 2. The Morgan fingerprint density at radius 1 is 0.906 bits per heavy atom. The Balaban J connectivity index is 0.00000363. The Labute approximate surface area is 195 Å². The van der Waals surface area contributed by atoms with Gasteiger partial charge in [0.05, 0.1) is 11.1 Å². The quantitative estimate of drug-likeness (QED) is 0.464. The zero-order valence-electron chi connectivity index (χ0n) is 16.1. The van der Waals surface area contributed by atoms with Gasteiger partial charge >= 0.3 is 12.4 Å². The number of amides is 1. The van der Waals surface area contributed by atoms with Crippen molar-refractivity contribution in [2.75, 3.05) is 13.1 Å². The van der Waals surface area contributed by atoms with Gasteiger partial charge in [-0.1, -0.05) is 23.2 Å². The van der Waals surface area contributed by atoms with Crippen LogP contribution in [0, 0.1) is 0 Å². The second-order valence-corrected chi connectivity index (χ2v) is 8.05. The largest absolute Gasteiger partial charge is 0.416 e. The summed E-state index contributed by atoms with van der Waals surface area (Å²) in [5.41, 5.74) is -3.12. The fourth-order valence-electron chi connectivity index (χ4n) is 3.51. The highest BCUT2D eigenvalue weighted by Gasteiger charge is 2.38. The third kappa shape index (κ3) is 6.43. The third-order valence-corrected chi connectivity index (χ3v) is 5.40. The molecule has 3 nitrogen and oxygen atoms in total. The predicted octanol–water partition coefficient (Wildman–Crippen LogP) is 6.33. The molecular formula is C20H17Cl3F6N2O. The molecule has 12 heteroatoms. The molecule has 1 fully saturated rings. The summed E-state index contributed by atoms with van der Waals surface area (Å²) in [6.45, 7) is 0.921. The summed E-state index contributed by atoms with van der Waals surface area (Å²) in [6.07, 6.45) is -9.66. The normalized spacial score (nSPS) is 19.2. The van der Waals surface area contributed by atoms with E-state index in [9.17, 15) is 31.1 Å². The number of hydrogen-bond donors (Lipinski definition) is 2.